The minimum Gasteiger partial charge on any atom is -0.443 e. The Kier molecular flexibility index (Phi) is 9.83. The van der Waals surface area contributed by atoms with Gasteiger partial charge in [0.15, 0.2) is 0 Å². The Morgan fingerprint density at radius 1 is 1.07 bits per heavy atom. The molecule has 14 heteroatoms. The van der Waals surface area contributed by atoms with Crippen molar-refractivity contribution in [1.82, 2.24) is 19.1 Å². The zero-order chi connectivity index (χ0) is 33.1. The lowest BCUT2D eigenvalue weighted by Gasteiger charge is -2.20. The van der Waals surface area contributed by atoms with Crippen LogP contribution in [0, 0.1) is 5.82 Å². The first-order valence-electron chi connectivity index (χ1n) is 14.0. The summed E-state index contributed by atoms with van der Waals surface area (Å²) in [6.07, 6.45) is -0.0724. The van der Waals surface area contributed by atoms with E-state index in [1.165, 1.54) is 60.0 Å². The van der Waals surface area contributed by atoms with Crippen molar-refractivity contribution in [2.45, 2.75) is 64.5 Å². The molecule has 0 saturated heterocycles. The number of amides is 2. The largest absolute Gasteiger partial charge is 0.443 e. The van der Waals surface area contributed by atoms with Crippen molar-refractivity contribution in [3.8, 4) is 16.8 Å². The molecule has 0 aliphatic heterocycles. The number of halogens is 2. The third-order valence-corrected chi connectivity index (χ3v) is 8.08. The summed E-state index contributed by atoms with van der Waals surface area (Å²) in [4.78, 5) is 37.1. The van der Waals surface area contributed by atoms with E-state index >= 15 is 4.39 Å². The van der Waals surface area contributed by atoms with E-state index in [0.717, 1.165) is 4.68 Å². The predicted molar refractivity (Wildman–Crippen MR) is 169 cm³/mol. The van der Waals surface area contributed by atoms with Gasteiger partial charge in [-0.1, -0.05) is 48.9 Å². The molecule has 0 spiro atoms. The number of benzene rings is 3. The topological polar surface area (TPSA) is 141 Å². The average Bonchev–Trinajstić information content (AvgIpc) is 3.23. The quantitative estimate of drug-likeness (QED) is 0.236. The molecule has 4 rings (SSSR count). The normalized spacial score (nSPS) is 11.7. The summed E-state index contributed by atoms with van der Waals surface area (Å²) in [6, 6.07) is 14.7. The monoisotopic (exact) mass is 657 g/mol. The smallest absolute Gasteiger partial charge is 0.421 e. The number of rotatable bonds is 9. The van der Waals surface area contributed by atoms with Gasteiger partial charge in [-0.05, 0) is 63.1 Å². The molecule has 11 nitrogen and oxygen atoms in total. The van der Waals surface area contributed by atoms with Crippen LogP contribution in [0.25, 0.3) is 16.8 Å². The number of nitrogens with one attached hydrogen (secondary N) is 2. The van der Waals surface area contributed by atoms with Gasteiger partial charge in [-0.15, -0.1) is 5.10 Å². The number of anilines is 1. The third kappa shape index (κ3) is 7.97. The minimum atomic E-state index is -4.37. The van der Waals surface area contributed by atoms with Crippen molar-refractivity contribution >= 4 is 39.3 Å². The fourth-order valence-corrected chi connectivity index (χ4v) is 5.84. The summed E-state index contributed by atoms with van der Waals surface area (Å²) in [5, 5.41) is 7.33. The van der Waals surface area contributed by atoms with Gasteiger partial charge in [-0.25, -0.2) is 27.1 Å². The first kappa shape index (κ1) is 33.4. The van der Waals surface area contributed by atoms with Crippen LogP contribution in [0.15, 0.2) is 70.4 Å². The first-order chi connectivity index (χ1) is 21.1. The molecular weight excluding hydrogens is 625 g/mol. The first-order valence-corrected chi connectivity index (χ1v) is 15.9. The van der Waals surface area contributed by atoms with Gasteiger partial charge in [0, 0.05) is 30.2 Å². The molecular formula is C31H33ClFN5O6S. The van der Waals surface area contributed by atoms with Crippen LogP contribution in [0.5, 0.6) is 0 Å². The maximum Gasteiger partial charge on any atom is 0.421 e. The molecule has 0 atom stereocenters. The van der Waals surface area contributed by atoms with Crippen LogP contribution < -0.4 is 15.7 Å². The number of carbonyl (C=O) groups excluding carboxylic acids is 2. The number of ether oxygens (including phenoxy) is 1. The van der Waals surface area contributed by atoms with Crippen molar-refractivity contribution < 1.29 is 27.1 Å². The second-order valence-electron chi connectivity index (χ2n) is 11.2. The highest BCUT2D eigenvalue weighted by atomic mass is 35.5. The Labute approximate surface area is 265 Å². The highest BCUT2D eigenvalue weighted by molar-refractivity contribution is 7.90. The van der Waals surface area contributed by atoms with Gasteiger partial charge >= 0.3 is 11.8 Å². The second kappa shape index (κ2) is 13.2. The van der Waals surface area contributed by atoms with E-state index in [2.05, 4.69) is 10.4 Å². The zero-order valence-electron chi connectivity index (χ0n) is 25.4. The molecule has 0 unspecified atom stereocenters. The number of nitrogens with zero attached hydrogens (tertiary/aromatic N) is 3. The van der Waals surface area contributed by atoms with Gasteiger partial charge in [0.25, 0.3) is 10.0 Å². The maximum absolute atomic E-state index is 15.6. The van der Waals surface area contributed by atoms with Crippen LogP contribution in [0.3, 0.4) is 0 Å². The van der Waals surface area contributed by atoms with E-state index in [4.69, 9.17) is 16.3 Å². The summed E-state index contributed by atoms with van der Waals surface area (Å²) in [7, 11) is -4.37. The standard InChI is InChI=1S/C31H33ClFN5O6S/c1-6-9-28-35-38(26-17-22(34-19(2)39)14-15-24(26)32)30(41)37(28)18-21-13-12-20(16-25(21)33)23-10-7-8-11-27(23)45(42,43)36-29(40)44-31(3,4)5/h7-8,10-17H,6,9,18H2,1-5H3,(H,34,39)(H,36,40). The third-order valence-electron chi connectivity index (χ3n) is 6.39. The van der Waals surface area contributed by atoms with E-state index in [1.54, 1.807) is 32.9 Å². The van der Waals surface area contributed by atoms with Crippen LogP contribution in [0.1, 0.15) is 52.4 Å². The molecule has 0 radical (unpaired) electrons. The van der Waals surface area contributed by atoms with E-state index in [1.807, 2.05) is 11.6 Å². The summed E-state index contributed by atoms with van der Waals surface area (Å²) in [5.74, 6) is -0.588. The summed E-state index contributed by atoms with van der Waals surface area (Å²) >= 11 is 6.39. The van der Waals surface area contributed by atoms with Crippen LogP contribution in [-0.4, -0.2) is 40.4 Å². The molecule has 0 fully saturated rings. The van der Waals surface area contributed by atoms with Crippen LogP contribution in [0.2, 0.25) is 5.02 Å². The molecule has 0 saturated carbocycles. The lowest BCUT2D eigenvalue weighted by atomic mass is 10.0. The van der Waals surface area contributed by atoms with Crippen molar-refractivity contribution in [3.63, 3.8) is 0 Å². The Balaban J connectivity index is 1.69. The lowest BCUT2D eigenvalue weighted by Crippen LogP contribution is -2.36. The number of hydrogen-bond donors (Lipinski definition) is 2. The SMILES string of the molecule is CCCc1nn(-c2cc(NC(C)=O)ccc2Cl)c(=O)n1Cc1ccc(-c2ccccc2S(=O)(=O)NC(=O)OC(C)(C)C)cc1F. The van der Waals surface area contributed by atoms with Crippen molar-refractivity contribution in [2.75, 3.05) is 5.32 Å². The van der Waals surface area contributed by atoms with Crippen molar-refractivity contribution in [3.05, 3.63) is 93.4 Å². The predicted octanol–water partition coefficient (Wildman–Crippen LogP) is 5.67. The molecule has 45 heavy (non-hydrogen) atoms. The minimum absolute atomic E-state index is 0.156. The van der Waals surface area contributed by atoms with Gasteiger partial charge in [0.05, 0.1) is 22.2 Å². The number of carbonyl (C=O) groups is 2. The van der Waals surface area contributed by atoms with E-state index in [-0.39, 0.29) is 44.7 Å². The van der Waals surface area contributed by atoms with Crippen molar-refractivity contribution in [1.29, 1.82) is 0 Å². The van der Waals surface area contributed by atoms with E-state index in [0.29, 0.717) is 24.4 Å². The molecule has 3 aromatic carbocycles. The Morgan fingerprint density at radius 3 is 2.42 bits per heavy atom. The highest BCUT2D eigenvalue weighted by Crippen LogP contribution is 2.29. The molecule has 2 amide bonds. The van der Waals surface area contributed by atoms with Gasteiger partial charge in [-0.2, -0.15) is 4.68 Å². The zero-order valence-corrected chi connectivity index (χ0v) is 26.9. The van der Waals surface area contributed by atoms with Gasteiger partial charge in [0.2, 0.25) is 5.91 Å². The summed E-state index contributed by atoms with van der Waals surface area (Å²) in [5.41, 5.74) is -0.264. The van der Waals surface area contributed by atoms with Gasteiger partial charge < -0.3 is 10.1 Å². The highest BCUT2D eigenvalue weighted by Gasteiger charge is 2.26. The maximum atomic E-state index is 15.6. The number of sulfonamides is 1. The average molecular weight is 658 g/mol. The Morgan fingerprint density at radius 2 is 1.78 bits per heavy atom. The molecule has 1 aromatic heterocycles. The number of aromatic nitrogens is 3. The number of aryl methyl sites for hydroxylation is 1. The Bertz CT molecular complexity index is 1930. The fraction of sp³-hybridized carbons (Fsp3) is 0.290. The molecule has 1 heterocycles. The molecule has 2 N–H and O–H groups in total. The van der Waals surface area contributed by atoms with Crippen LogP contribution >= 0.6 is 11.6 Å². The molecule has 0 bridgehead atoms. The fourth-order valence-electron chi connectivity index (χ4n) is 4.53. The molecule has 0 aliphatic carbocycles. The summed E-state index contributed by atoms with van der Waals surface area (Å²) < 4.78 is 51.2. The molecule has 4 aromatic rings. The number of hydrogen-bond acceptors (Lipinski definition) is 7. The van der Waals surface area contributed by atoms with Gasteiger partial charge in [-0.3, -0.25) is 9.36 Å². The van der Waals surface area contributed by atoms with E-state index < -0.39 is 33.2 Å². The van der Waals surface area contributed by atoms with Gasteiger partial charge in [0.1, 0.15) is 17.2 Å². The van der Waals surface area contributed by atoms with Crippen molar-refractivity contribution in [2.24, 2.45) is 0 Å². The molecule has 0 aliphatic rings. The Hall–Kier alpha value is -4.49. The van der Waals surface area contributed by atoms with E-state index in [9.17, 15) is 22.8 Å². The lowest BCUT2D eigenvalue weighted by molar-refractivity contribution is -0.114. The van der Waals surface area contributed by atoms with Crippen LogP contribution in [-0.2, 0) is 32.5 Å². The molecule has 238 valence electrons. The summed E-state index contributed by atoms with van der Waals surface area (Å²) in [6.45, 7) is 7.90. The second-order valence-corrected chi connectivity index (χ2v) is 13.3. The van der Waals surface area contributed by atoms with Crippen LogP contribution in [0.4, 0.5) is 14.9 Å².